The minimum atomic E-state index is 0.736. The largest absolute Gasteiger partial charge is 0.282 e. The number of benzene rings is 1. The molecule has 1 nitrogen and oxygen atoms in total. The molecule has 0 N–H and O–H groups in total. The molecule has 0 saturated heterocycles. The summed E-state index contributed by atoms with van der Waals surface area (Å²) in [4.78, 5) is 2.00. The van der Waals surface area contributed by atoms with Gasteiger partial charge in [-0.2, -0.15) is 0 Å². The molecule has 0 heterocycles. The highest BCUT2D eigenvalue weighted by molar-refractivity contribution is 6.30. The van der Waals surface area contributed by atoms with Crippen LogP contribution < -0.4 is 0 Å². The van der Waals surface area contributed by atoms with Gasteiger partial charge in [-0.15, -0.1) is 13.2 Å². The zero-order valence-electron chi connectivity index (χ0n) is 8.62. The monoisotopic (exact) mass is 219 g/mol. The van der Waals surface area contributed by atoms with Gasteiger partial charge in [-0.1, -0.05) is 35.9 Å². The molecule has 0 aromatic heterocycles. The minimum absolute atomic E-state index is 0.736. The van der Waals surface area contributed by atoms with E-state index in [0.29, 0.717) is 0 Å². The maximum absolute atomic E-state index is 5.80. The predicted octanol–water partition coefficient (Wildman–Crippen LogP) is 3.40. The molecule has 0 spiro atoms. The first-order valence-electron chi connectivity index (χ1n) is 4.75. The number of hydrogen-bond acceptors (Lipinski definition) is 1. The molecule has 0 aliphatic carbocycles. The fourth-order valence-electron chi connectivity index (χ4n) is 1.18. The summed E-state index contributed by atoms with van der Waals surface area (Å²) in [5.74, 6) is 0. The Labute approximate surface area is 96.7 Å². The summed E-state index contributed by atoms with van der Waals surface area (Å²) < 4.78 is 0. The van der Waals surface area contributed by atoms with E-state index < -0.39 is 0 Å². The van der Waals surface area contributed by atoms with Crippen molar-refractivity contribution in [3.63, 3.8) is 0 Å². The van der Waals surface area contributed by atoms with Gasteiger partial charge in [-0.05, 0) is 17.7 Å². The van der Waals surface area contributed by atoms with Crippen LogP contribution in [0.2, 0.25) is 5.02 Å². The van der Waals surface area contributed by atoms with Crippen LogP contribution in [0, 0.1) is 6.54 Å². The van der Waals surface area contributed by atoms with Crippen molar-refractivity contribution in [2.45, 2.75) is 0 Å². The normalized spacial score (nSPS) is 10.3. The standard InChI is InChI=1S/C13H14ClN/c1-3-9-15(10-4-2)11-12-5-7-13(14)8-6-12/h3-8H,1-2,9-10H2. The van der Waals surface area contributed by atoms with Crippen molar-refractivity contribution in [3.05, 3.63) is 66.7 Å². The van der Waals surface area contributed by atoms with E-state index in [1.807, 2.05) is 41.3 Å². The van der Waals surface area contributed by atoms with Gasteiger partial charge in [0, 0.05) is 18.1 Å². The predicted molar refractivity (Wildman–Crippen MR) is 65.8 cm³/mol. The third-order valence-corrected chi connectivity index (χ3v) is 2.08. The Kier molecular flexibility index (Phi) is 5.16. The second kappa shape index (κ2) is 6.44. The van der Waals surface area contributed by atoms with E-state index >= 15 is 0 Å². The van der Waals surface area contributed by atoms with E-state index in [1.165, 1.54) is 0 Å². The molecule has 1 aromatic carbocycles. The molecule has 0 atom stereocenters. The lowest BCUT2D eigenvalue weighted by Crippen LogP contribution is -2.21. The molecule has 0 aliphatic heterocycles. The van der Waals surface area contributed by atoms with Gasteiger partial charge in [0.1, 0.15) is 0 Å². The van der Waals surface area contributed by atoms with Crippen LogP contribution in [0.25, 0.3) is 0 Å². The van der Waals surface area contributed by atoms with Crippen LogP contribution in [-0.4, -0.2) is 18.0 Å². The number of halogens is 1. The number of hydrogen-bond donors (Lipinski definition) is 0. The van der Waals surface area contributed by atoms with Crippen LogP contribution in [0.5, 0.6) is 0 Å². The van der Waals surface area contributed by atoms with Crippen molar-refractivity contribution < 1.29 is 0 Å². The quantitative estimate of drug-likeness (QED) is 0.524. The smallest absolute Gasteiger partial charge is 0.0968 e. The Hall–Kier alpha value is -1.05. The SMILES string of the molecule is C=CCN([C]c1ccc(Cl)cc1)CC=C. The summed E-state index contributed by atoms with van der Waals surface area (Å²) in [7, 11) is 0. The van der Waals surface area contributed by atoms with E-state index in [-0.39, 0.29) is 0 Å². The van der Waals surface area contributed by atoms with Crippen LogP contribution in [0.15, 0.2) is 49.6 Å². The van der Waals surface area contributed by atoms with Gasteiger partial charge in [-0.3, -0.25) is 4.90 Å². The van der Waals surface area contributed by atoms with Gasteiger partial charge in [-0.25, -0.2) is 0 Å². The highest BCUT2D eigenvalue weighted by Gasteiger charge is 2.03. The van der Waals surface area contributed by atoms with Gasteiger partial charge in [0.15, 0.2) is 0 Å². The van der Waals surface area contributed by atoms with E-state index in [9.17, 15) is 0 Å². The molecule has 0 saturated carbocycles. The highest BCUT2D eigenvalue weighted by atomic mass is 35.5. The molecule has 2 heteroatoms. The molecule has 0 amide bonds. The summed E-state index contributed by atoms with van der Waals surface area (Å²) in [6.45, 7) is 12.2. The molecule has 0 bridgehead atoms. The Morgan fingerprint density at radius 3 is 2.13 bits per heavy atom. The summed E-state index contributed by atoms with van der Waals surface area (Å²) in [5.41, 5.74) is 1.00. The third-order valence-electron chi connectivity index (χ3n) is 1.83. The fraction of sp³-hybridized carbons (Fsp3) is 0.154. The topological polar surface area (TPSA) is 3.24 Å². The second-order valence-corrected chi connectivity index (χ2v) is 3.54. The summed E-state index contributed by atoms with van der Waals surface area (Å²) in [6.07, 6.45) is 3.68. The van der Waals surface area contributed by atoms with Crippen LogP contribution in [0.3, 0.4) is 0 Å². The van der Waals surface area contributed by atoms with E-state index in [4.69, 9.17) is 11.6 Å². The lowest BCUT2D eigenvalue weighted by Gasteiger charge is -2.16. The Morgan fingerprint density at radius 1 is 1.13 bits per heavy atom. The fourth-order valence-corrected chi connectivity index (χ4v) is 1.31. The highest BCUT2D eigenvalue weighted by Crippen LogP contribution is 2.12. The molecule has 78 valence electrons. The molecule has 0 aliphatic rings. The molecular formula is C13H14ClN. The van der Waals surface area contributed by atoms with Crippen LogP contribution >= 0.6 is 11.6 Å². The van der Waals surface area contributed by atoms with Gasteiger partial charge in [0.05, 0.1) is 6.54 Å². The van der Waals surface area contributed by atoms with Crippen molar-refractivity contribution in [1.29, 1.82) is 0 Å². The van der Waals surface area contributed by atoms with Gasteiger partial charge in [0.25, 0.3) is 0 Å². The lowest BCUT2D eigenvalue weighted by molar-refractivity contribution is 0.423. The van der Waals surface area contributed by atoms with Crippen LogP contribution in [0.1, 0.15) is 5.56 Å². The molecule has 1 rings (SSSR count). The maximum Gasteiger partial charge on any atom is 0.0968 e. The first-order valence-corrected chi connectivity index (χ1v) is 5.13. The average Bonchev–Trinajstić information content (AvgIpc) is 2.22. The summed E-state index contributed by atoms with van der Waals surface area (Å²) >= 11 is 5.80. The van der Waals surface area contributed by atoms with Crippen molar-refractivity contribution >= 4 is 11.6 Å². The van der Waals surface area contributed by atoms with Crippen molar-refractivity contribution in [2.75, 3.05) is 13.1 Å². The second-order valence-electron chi connectivity index (χ2n) is 3.10. The molecule has 0 unspecified atom stereocenters. The first kappa shape index (κ1) is 12.0. The summed E-state index contributed by atoms with van der Waals surface area (Å²) in [5, 5.41) is 0.736. The van der Waals surface area contributed by atoms with Crippen LogP contribution in [-0.2, 0) is 0 Å². The van der Waals surface area contributed by atoms with Crippen molar-refractivity contribution in [2.24, 2.45) is 0 Å². The molecule has 0 fully saturated rings. The molecule has 15 heavy (non-hydrogen) atoms. The van der Waals surface area contributed by atoms with Gasteiger partial charge < -0.3 is 0 Å². The zero-order chi connectivity index (χ0) is 11.1. The lowest BCUT2D eigenvalue weighted by atomic mass is 10.2. The summed E-state index contributed by atoms with van der Waals surface area (Å²) in [6, 6.07) is 7.57. The maximum atomic E-state index is 5.80. The average molecular weight is 220 g/mol. The van der Waals surface area contributed by atoms with Crippen LogP contribution in [0.4, 0.5) is 0 Å². The van der Waals surface area contributed by atoms with E-state index in [0.717, 1.165) is 23.7 Å². The number of rotatable bonds is 6. The molecular weight excluding hydrogens is 206 g/mol. The zero-order valence-corrected chi connectivity index (χ0v) is 9.37. The Balaban J connectivity index is 2.60. The van der Waals surface area contributed by atoms with E-state index in [2.05, 4.69) is 19.7 Å². The Bertz CT molecular complexity index is 306. The van der Waals surface area contributed by atoms with Gasteiger partial charge >= 0.3 is 0 Å². The molecule has 1 aromatic rings. The third kappa shape index (κ3) is 4.32. The molecule has 2 radical (unpaired) electrons. The number of nitrogens with zero attached hydrogens (tertiary/aromatic N) is 1. The minimum Gasteiger partial charge on any atom is -0.282 e. The van der Waals surface area contributed by atoms with E-state index in [1.54, 1.807) is 0 Å². The van der Waals surface area contributed by atoms with Gasteiger partial charge in [0.2, 0.25) is 0 Å². The Morgan fingerprint density at radius 2 is 1.67 bits per heavy atom. The first-order chi connectivity index (χ1) is 7.26. The van der Waals surface area contributed by atoms with Crippen molar-refractivity contribution in [3.8, 4) is 0 Å². The van der Waals surface area contributed by atoms with Crippen molar-refractivity contribution in [1.82, 2.24) is 4.90 Å².